The first-order valence-electron chi connectivity index (χ1n) is 11.6. The largest absolute Gasteiger partial charge is 0.497 e. The number of hydrogen-bond donors (Lipinski definition) is 0. The van der Waals surface area contributed by atoms with Gasteiger partial charge in [-0.25, -0.2) is 4.98 Å². The summed E-state index contributed by atoms with van der Waals surface area (Å²) < 4.78 is 12.5. The molecule has 3 heterocycles. The monoisotopic (exact) mass is 472 g/mol. The number of benzene rings is 2. The Morgan fingerprint density at radius 3 is 2.49 bits per heavy atom. The van der Waals surface area contributed by atoms with E-state index in [0.717, 1.165) is 23.5 Å². The second kappa shape index (κ2) is 9.61. The zero-order valence-electron chi connectivity index (χ0n) is 20.1. The minimum Gasteiger partial charge on any atom is -0.497 e. The van der Waals surface area contributed by atoms with Crippen molar-refractivity contribution in [3.63, 3.8) is 0 Å². The Morgan fingerprint density at radius 1 is 1.00 bits per heavy atom. The molecule has 1 aliphatic heterocycles. The van der Waals surface area contributed by atoms with E-state index in [9.17, 15) is 4.79 Å². The molecule has 9 heteroatoms. The van der Waals surface area contributed by atoms with Gasteiger partial charge in [0, 0.05) is 49.9 Å². The third-order valence-electron chi connectivity index (χ3n) is 6.43. The molecule has 2 aromatic heterocycles. The van der Waals surface area contributed by atoms with Crippen molar-refractivity contribution < 1.29 is 14.3 Å². The van der Waals surface area contributed by atoms with Gasteiger partial charge in [-0.05, 0) is 24.6 Å². The van der Waals surface area contributed by atoms with Gasteiger partial charge in [-0.15, -0.1) is 0 Å². The fourth-order valence-corrected chi connectivity index (χ4v) is 4.57. The number of hydrogen-bond acceptors (Lipinski definition) is 7. The van der Waals surface area contributed by atoms with Gasteiger partial charge >= 0.3 is 0 Å². The predicted molar refractivity (Wildman–Crippen MR) is 132 cm³/mol. The van der Waals surface area contributed by atoms with E-state index in [-0.39, 0.29) is 5.91 Å². The van der Waals surface area contributed by atoms with Crippen molar-refractivity contribution in [1.29, 1.82) is 0 Å². The first-order chi connectivity index (χ1) is 17.1. The van der Waals surface area contributed by atoms with Gasteiger partial charge in [0.15, 0.2) is 0 Å². The van der Waals surface area contributed by atoms with Gasteiger partial charge in [-0.1, -0.05) is 30.3 Å². The molecule has 35 heavy (non-hydrogen) atoms. The number of carbonyl (C=O) groups is 1. The minimum absolute atomic E-state index is 0.0505. The normalized spacial score (nSPS) is 13.8. The number of piperazine rings is 1. The molecule has 4 aromatic rings. The lowest BCUT2D eigenvalue weighted by Gasteiger charge is -2.37. The number of anilines is 1. The second-order valence-electron chi connectivity index (χ2n) is 8.48. The number of methoxy groups -OCH3 is 2. The lowest BCUT2D eigenvalue weighted by atomic mass is 10.0. The summed E-state index contributed by atoms with van der Waals surface area (Å²) in [4.78, 5) is 26.5. The van der Waals surface area contributed by atoms with Crippen molar-refractivity contribution in [3.8, 4) is 11.5 Å². The molecule has 1 saturated heterocycles. The van der Waals surface area contributed by atoms with Crippen LogP contribution < -0.4 is 14.4 Å². The number of aryl methyl sites for hydroxylation is 1. The zero-order chi connectivity index (χ0) is 24.4. The highest BCUT2D eigenvalue weighted by molar-refractivity contribution is 5.97. The fourth-order valence-electron chi connectivity index (χ4n) is 4.57. The maximum atomic E-state index is 13.3. The summed E-state index contributed by atoms with van der Waals surface area (Å²) in [5, 5.41) is 4.47. The van der Waals surface area contributed by atoms with E-state index >= 15 is 0 Å². The maximum Gasteiger partial charge on any atom is 0.257 e. The van der Waals surface area contributed by atoms with Crippen LogP contribution in [-0.2, 0) is 6.42 Å². The molecule has 1 fully saturated rings. The van der Waals surface area contributed by atoms with E-state index < -0.39 is 0 Å². The van der Waals surface area contributed by atoms with E-state index in [2.05, 4.69) is 32.1 Å². The van der Waals surface area contributed by atoms with Crippen LogP contribution in [0.3, 0.4) is 0 Å². The van der Waals surface area contributed by atoms with Crippen LogP contribution in [0.1, 0.15) is 27.2 Å². The second-order valence-corrected chi connectivity index (χ2v) is 8.48. The molecule has 0 unspecified atom stereocenters. The van der Waals surface area contributed by atoms with Crippen LogP contribution in [0.25, 0.3) is 5.78 Å². The molecule has 0 saturated carbocycles. The summed E-state index contributed by atoms with van der Waals surface area (Å²) in [6.45, 7) is 4.52. The van der Waals surface area contributed by atoms with Crippen molar-refractivity contribution in [1.82, 2.24) is 24.5 Å². The van der Waals surface area contributed by atoms with Crippen molar-refractivity contribution >= 4 is 17.5 Å². The first kappa shape index (κ1) is 22.6. The highest BCUT2D eigenvalue weighted by Crippen LogP contribution is 2.29. The number of rotatable bonds is 6. The molecule has 2 aromatic carbocycles. The van der Waals surface area contributed by atoms with Gasteiger partial charge in [0.1, 0.15) is 23.6 Å². The van der Waals surface area contributed by atoms with E-state index in [1.54, 1.807) is 32.4 Å². The molecule has 180 valence electrons. The number of nitrogens with zero attached hydrogens (tertiary/aromatic N) is 6. The molecular formula is C26H28N6O3. The summed E-state index contributed by atoms with van der Waals surface area (Å²) in [6, 6.07) is 15.6. The topological polar surface area (TPSA) is 85.1 Å². The molecule has 0 atom stereocenters. The van der Waals surface area contributed by atoms with Gasteiger partial charge in [-0.2, -0.15) is 14.6 Å². The third kappa shape index (κ3) is 4.37. The third-order valence-corrected chi connectivity index (χ3v) is 6.43. The number of aromatic nitrogens is 4. The van der Waals surface area contributed by atoms with Crippen molar-refractivity contribution in [2.45, 2.75) is 13.3 Å². The van der Waals surface area contributed by atoms with Gasteiger partial charge in [0.25, 0.3) is 11.7 Å². The molecule has 0 spiro atoms. The molecule has 5 rings (SSSR count). The Balaban J connectivity index is 1.41. The minimum atomic E-state index is -0.0505. The van der Waals surface area contributed by atoms with Crippen LogP contribution in [0.4, 0.5) is 5.82 Å². The number of amides is 1. The average Bonchev–Trinajstić information content (AvgIpc) is 3.37. The molecule has 0 radical (unpaired) electrons. The van der Waals surface area contributed by atoms with Crippen LogP contribution in [-0.4, -0.2) is 70.8 Å². The number of ether oxygens (including phenoxy) is 2. The summed E-state index contributed by atoms with van der Waals surface area (Å²) in [5.74, 6) is 2.68. The summed E-state index contributed by atoms with van der Waals surface area (Å²) >= 11 is 0. The van der Waals surface area contributed by atoms with E-state index in [0.29, 0.717) is 49.0 Å². The average molecular weight is 473 g/mol. The first-order valence-corrected chi connectivity index (χ1v) is 11.6. The van der Waals surface area contributed by atoms with Gasteiger partial charge in [0.2, 0.25) is 0 Å². The van der Waals surface area contributed by atoms with Crippen LogP contribution in [0.15, 0.2) is 54.9 Å². The Kier molecular flexibility index (Phi) is 6.22. The van der Waals surface area contributed by atoms with Crippen LogP contribution in [0, 0.1) is 6.92 Å². The van der Waals surface area contributed by atoms with Gasteiger partial charge < -0.3 is 19.3 Å². The van der Waals surface area contributed by atoms with E-state index in [1.165, 1.54) is 11.9 Å². The zero-order valence-corrected chi connectivity index (χ0v) is 20.1. The molecule has 0 aliphatic carbocycles. The standard InChI is InChI=1S/C26H28N6O3/c1-18-22(15-19-7-5-4-6-8-19)24(32-26(29-18)27-17-28-32)30-11-13-31(14-12-30)25(33)21-10-9-20(34-2)16-23(21)35-3/h4-10,16-17H,11-15H2,1-3H3. The Hall–Kier alpha value is -4.14. The lowest BCUT2D eigenvalue weighted by molar-refractivity contribution is 0.0743. The number of carbonyl (C=O) groups excluding carboxylic acids is 1. The number of fused-ring (bicyclic) bond motifs is 1. The van der Waals surface area contributed by atoms with Gasteiger partial charge in [-0.3, -0.25) is 4.79 Å². The molecule has 1 aliphatic rings. The Labute approximate surface area is 203 Å². The molecule has 0 bridgehead atoms. The Morgan fingerprint density at radius 2 is 1.77 bits per heavy atom. The smallest absolute Gasteiger partial charge is 0.257 e. The van der Waals surface area contributed by atoms with Crippen LogP contribution >= 0.6 is 0 Å². The highest BCUT2D eigenvalue weighted by Gasteiger charge is 2.28. The van der Waals surface area contributed by atoms with Crippen molar-refractivity contribution in [3.05, 3.63) is 77.2 Å². The SMILES string of the molecule is COc1ccc(C(=O)N2CCN(c3c(Cc4ccccc4)c(C)nc4ncnn34)CC2)c(OC)c1. The van der Waals surface area contributed by atoms with E-state index in [4.69, 9.17) is 9.47 Å². The predicted octanol–water partition coefficient (Wildman–Crippen LogP) is 3.00. The lowest BCUT2D eigenvalue weighted by Crippen LogP contribution is -2.49. The van der Waals surface area contributed by atoms with Gasteiger partial charge in [0.05, 0.1) is 19.8 Å². The quantitative estimate of drug-likeness (QED) is 0.426. The van der Waals surface area contributed by atoms with Crippen LogP contribution in [0.5, 0.6) is 11.5 Å². The van der Waals surface area contributed by atoms with Crippen molar-refractivity contribution in [2.24, 2.45) is 0 Å². The summed E-state index contributed by atoms with van der Waals surface area (Å²) in [5.41, 5.74) is 3.79. The Bertz CT molecular complexity index is 1350. The van der Waals surface area contributed by atoms with Crippen LogP contribution in [0.2, 0.25) is 0 Å². The molecule has 1 amide bonds. The van der Waals surface area contributed by atoms with E-state index in [1.807, 2.05) is 34.5 Å². The summed E-state index contributed by atoms with van der Waals surface area (Å²) in [6.07, 6.45) is 2.28. The maximum absolute atomic E-state index is 13.3. The molecule has 9 nitrogen and oxygen atoms in total. The van der Waals surface area contributed by atoms with Crippen molar-refractivity contribution in [2.75, 3.05) is 45.3 Å². The molecule has 0 N–H and O–H groups in total. The molecular weight excluding hydrogens is 444 g/mol. The summed E-state index contributed by atoms with van der Waals surface area (Å²) in [7, 11) is 3.15. The highest BCUT2D eigenvalue weighted by atomic mass is 16.5. The fraction of sp³-hybridized carbons (Fsp3) is 0.308.